The summed E-state index contributed by atoms with van der Waals surface area (Å²) in [7, 11) is 0. The number of carbonyl (C=O) groups is 1. The molecule has 0 heterocycles. The molecule has 116 valence electrons. The highest BCUT2D eigenvalue weighted by Crippen LogP contribution is 2.28. The maximum Gasteiger partial charge on any atom is 0.222 e. The molecule has 0 aliphatic heterocycles. The molecule has 1 aromatic rings. The van der Waals surface area contributed by atoms with Crippen LogP contribution in [0.5, 0.6) is 0 Å². The van der Waals surface area contributed by atoms with Gasteiger partial charge in [0, 0.05) is 12.0 Å². The molecule has 5 heteroatoms. The lowest BCUT2D eigenvalue weighted by Crippen LogP contribution is -2.46. The van der Waals surface area contributed by atoms with E-state index in [9.17, 15) is 13.6 Å². The van der Waals surface area contributed by atoms with Crippen LogP contribution in [0.4, 0.5) is 8.78 Å². The van der Waals surface area contributed by atoms with E-state index >= 15 is 0 Å². The zero-order valence-electron chi connectivity index (χ0n) is 12.3. The van der Waals surface area contributed by atoms with Gasteiger partial charge in [0.1, 0.15) is 0 Å². The summed E-state index contributed by atoms with van der Waals surface area (Å²) in [5.74, 6) is -1.94. The van der Waals surface area contributed by atoms with Gasteiger partial charge in [-0.1, -0.05) is 25.3 Å². The Balaban J connectivity index is 1.93. The minimum absolute atomic E-state index is 0.142. The Labute approximate surface area is 123 Å². The van der Waals surface area contributed by atoms with Gasteiger partial charge in [-0.05, 0) is 37.5 Å². The largest absolute Gasteiger partial charge is 0.350 e. The topological polar surface area (TPSA) is 55.1 Å². The SMILES string of the molecule is CC(NC(=O)CC1(N)CCCCC1)c1ccc(F)c(F)c1. The van der Waals surface area contributed by atoms with Crippen molar-refractivity contribution < 1.29 is 13.6 Å². The summed E-state index contributed by atoms with van der Waals surface area (Å²) in [6, 6.07) is 3.28. The van der Waals surface area contributed by atoms with Crippen molar-refractivity contribution in [3.8, 4) is 0 Å². The van der Waals surface area contributed by atoms with Gasteiger partial charge >= 0.3 is 0 Å². The van der Waals surface area contributed by atoms with E-state index in [1.54, 1.807) is 6.92 Å². The van der Waals surface area contributed by atoms with Gasteiger partial charge < -0.3 is 11.1 Å². The van der Waals surface area contributed by atoms with Gasteiger partial charge in [-0.2, -0.15) is 0 Å². The molecule has 3 N–H and O–H groups in total. The fraction of sp³-hybridized carbons (Fsp3) is 0.562. The zero-order valence-corrected chi connectivity index (χ0v) is 12.3. The summed E-state index contributed by atoms with van der Waals surface area (Å²) in [6.07, 6.45) is 5.29. The van der Waals surface area contributed by atoms with Crippen LogP contribution >= 0.6 is 0 Å². The second-order valence-electron chi connectivity index (χ2n) is 6.06. The van der Waals surface area contributed by atoms with E-state index in [2.05, 4.69) is 5.32 Å². The van der Waals surface area contributed by atoms with E-state index in [4.69, 9.17) is 5.73 Å². The van der Waals surface area contributed by atoms with Crippen molar-refractivity contribution in [3.63, 3.8) is 0 Å². The zero-order chi connectivity index (χ0) is 15.5. The molecule has 1 atom stereocenters. The molecule has 2 rings (SSSR count). The Bertz CT molecular complexity index is 513. The average molecular weight is 296 g/mol. The molecule has 0 aromatic heterocycles. The fourth-order valence-corrected chi connectivity index (χ4v) is 2.91. The minimum atomic E-state index is -0.906. The standard InChI is InChI=1S/C16H22F2N2O/c1-11(12-5-6-13(17)14(18)9-12)20-15(21)10-16(19)7-3-2-4-8-16/h5-6,9,11H,2-4,7-8,10,19H2,1H3,(H,20,21). The van der Waals surface area contributed by atoms with E-state index in [1.807, 2.05) is 0 Å². The molecule has 1 aliphatic carbocycles. The summed E-state index contributed by atoms with van der Waals surface area (Å²) in [6.45, 7) is 1.74. The van der Waals surface area contributed by atoms with Gasteiger partial charge in [0.05, 0.1) is 6.04 Å². The molecule has 1 aromatic carbocycles. The van der Waals surface area contributed by atoms with Crippen molar-refractivity contribution >= 4 is 5.91 Å². The first kappa shape index (κ1) is 15.9. The normalized spacial score (nSPS) is 19.0. The Morgan fingerprint density at radius 2 is 1.95 bits per heavy atom. The second kappa shape index (κ2) is 6.52. The molecule has 3 nitrogen and oxygen atoms in total. The van der Waals surface area contributed by atoms with Crippen LogP contribution in [0.25, 0.3) is 0 Å². The highest BCUT2D eigenvalue weighted by atomic mass is 19.2. The van der Waals surface area contributed by atoms with Crippen LogP contribution in [0.3, 0.4) is 0 Å². The Morgan fingerprint density at radius 1 is 1.29 bits per heavy atom. The van der Waals surface area contributed by atoms with Crippen molar-refractivity contribution in [1.82, 2.24) is 5.32 Å². The lowest BCUT2D eigenvalue weighted by atomic mass is 9.80. The highest BCUT2D eigenvalue weighted by Gasteiger charge is 2.30. The third-order valence-corrected chi connectivity index (χ3v) is 4.18. The van der Waals surface area contributed by atoms with E-state index < -0.39 is 17.2 Å². The Hall–Kier alpha value is -1.49. The lowest BCUT2D eigenvalue weighted by Gasteiger charge is -2.33. The van der Waals surface area contributed by atoms with Crippen molar-refractivity contribution in [2.75, 3.05) is 0 Å². The van der Waals surface area contributed by atoms with E-state index in [0.717, 1.165) is 37.8 Å². The van der Waals surface area contributed by atoms with Crippen molar-refractivity contribution in [2.24, 2.45) is 5.73 Å². The van der Waals surface area contributed by atoms with Gasteiger partial charge in [-0.15, -0.1) is 0 Å². The second-order valence-corrected chi connectivity index (χ2v) is 6.06. The van der Waals surface area contributed by atoms with Gasteiger partial charge in [-0.25, -0.2) is 8.78 Å². The molecule has 1 unspecified atom stereocenters. The summed E-state index contributed by atoms with van der Waals surface area (Å²) in [5.41, 5.74) is 6.37. The Kier molecular flexibility index (Phi) is 4.93. The summed E-state index contributed by atoms with van der Waals surface area (Å²) in [5, 5.41) is 2.81. The van der Waals surface area contributed by atoms with Crippen molar-refractivity contribution in [3.05, 3.63) is 35.4 Å². The van der Waals surface area contributed by atoms with Crippen LogP contribution in [0, 0.1) is 11.6 Å². The average Bonchev–Trinajstić information content (AvgIpc) is 2.41. The third-order valence-electron chi connectivity index (χ3n) is 4.18. The van der Waals surface area contributed by atoms with Gasteiger partial charge in [0.25, 0.3) is 0 Å². The molecule has 1 amide bonds. The number of benzene rings is 1. The van der Waals surface area contributed by atoms with Crippen molar-refractivity contribution in [2.45, 2.75) is 57.0 Å². The summed E-state index contributed by atoms with van der Waals surface area (Å²) < 4.78 is 26.1. The van der Waals surface area contributed by atoms with Gasteiger partial charge in [-0.3, -0.25) is 4.79 Å². The van der Waals surface area contributed by atoms with E-state index in [0.29, 0.717) is 5.56 Å². The van der Waals surface area contributed by atoms with Gasteiger partial charge in [0.15, 0.2) is 11.6 Å². The summed E-state index contributed by atoms with van der Waals surface area (Å²) in [4.78, 5) is 12.1. The van der Waals surface area contributed by atoms with Crippen LogP contribution in [0.15, 0.2) is 18.2 Å². The molecule has 0 saturated heterocycles. The number of halogens is 2. The highest BCUT2D eigenvalue weighted by molar-refractivity contribution is 5.77. The van der Waals surface area contributed by atoms with Gasteiger partial charge in [0.2, 0.25) is 5.91 Å². The van der Waals surface area contributed by atoms with Crippen molar-refractivity contribution in [1.29, 1.82) is 0 Å². The molecule has 21 heavy (non-hydrogen) atoms. The molecule has 0 radical (unpaired) electrons. The minimum Gasteiger partial charge on any atom is -0.350 e. The lowest BCUT2D eigenvalue weighted by molar-refractivity contribution is -0.123. The molecule has 0 spiro atoms. The number of amides is 1. The van der Waals surface area contributed by atoms with Crippen LogP contribution in [0.2, 0.25) is 0 Å². The molecule has 1 aliphatic rings. The predicted molar refractivity (Wildman–Crippen MR) is 77.5 cm³/mol. The van der Waals surface area contributed by atoms with E-state index in [-0.39, 0.29) is 18.4 Å². The quantitative estimate of drug-likeness (QED) is 0.896. The number of nitrogens with two attached hydrogens (primary N) is 1. The van der Waals surface area contributed by atoms with Crippen LogP contribution in [0.1, 0.15) is 57.1 Å². The third kappa shape index (κ3) is 4.24. The fourth-order valence-electron chi connectivity index (χ4n) is 2.91. The van der Waals surface area contributed by atoms with Crippen LogP contribution in [-0.2, 0) is 4.79 Å². The predicted octanol–water partition coefficient (Wildman–Crippen LogP) is 3.19. The molecule has 0 bridgehead atoms. The first-order chi connectivity index (χ1) is 9.89. The maximum atomic E-state index is 13.2. The first-order valence-corrected chi connectivity index (χ1v) is 7.43. The molecule has 1 saturated carbocycles. The molecular formula is C16H22F2N2O. The Morgan fingerprint density at radius 3 is 2.57 bits per heavy atom. The number of carbonyl (C=O) groups excluding carboxylic acids is 1. The van der Waals surface area contributed by atoms with Crippen LogP contribution in [-0.4, -0.2) is 11.4 Å². The molecule has 1 fully saturated rings. The number of nitrogens with one attached hydrogen (secondary N) is 1. The smallest absolute Gasteiger partial charge is 0.222 e. The van der Waals surface area contributed by atoms with E-state index in [1.165, 1.54) is 12.5 Å². The first-order valence-electron chi connectivity index (χ1n) is 7.43. The van der Waals surface area contributed by atoms with Crippen LogP contribution < -0.4 is 11.1 Å². The number of hydrogen-bond acceptors (Lipinski definition) is 2. The monoisotopic (exact) mass is 296 g/mol. The summed E-state index contributed by atoms with van der Waals surface area (Å²) >= 11 is 0. The number of hydrogen-bond donors (Lipinski definition) is 2. The maximum absolute atomic E-state index is 13.2. The molecular weight excluding hydrogens is 274 g/mol. The number of rotatable bonds is 4.